The van der Waals surface area contributed by atoms with E-state index in [1.807, 2.05) is 6.07 Å². The van der Waals surface area contributed by atoms with E-state index in [9.17, 15) is 5.11 Å². The molecule has 1 N–H and O–H groups in total. The van der Waals surface area contributed by atoms with Crippen LogP contribution in [0.25, 0.3) is 0 Å². The van der Waals surface area contributed by atoms with E-state index in [0.29, 0.717) is 11.1 Å². The average molecular weight is 234 g/mol. The molecule has 0 radical (unpaired) electrons. The molecular formula is C14H18O3. The van der Waals surface area contributed by atoms with Gasteiger partial charge in [-0.25, -0.2) is 0 Å². The van der Waals surface area contributed by atoms with Crippen molar-refractivity contribution in [2.45, 2.75) is 12.2 Å². The summed E-state index contributed by atoms with van der Waals surface area (Å²) in [6.45, 7) is 7.35. The summed E-state index contributed by atoms with van der Waals surface area (Å²) in [7, 11) is 3.14. The van der Waals surface area contributed by atoms with Crippen molar-refractivity contribution >= 4 is 0 Å². The Morgan fingerprint density at radius 3 is 1.76 bits per heavy atom. The molecule has 0 aliphatic heterocycles. The van der Waals surface area contributed by atoms with Gasteiger partial charge >= 0.3 is 0 Å². The average Bonchev–Trinajstić information content (AvgIpc) is 2.36. The molecule has 0 aromatic heterocycles. The van der Waals surface area contributed by atoms with Gasteiger partial charge < -0.3 is 14.6 Å². The number of ether oxygens (including phenoxy) is 2. The molecule has 3 heteroatoms. The molecule has 92 valence electrons. The first kappa shape index (κ1) is 13.5. The normalized spacial score (nSPS) is 14.0. The molecule has 0 aliphatic rings. The second-order valence-corrected chi connectivity index (χ2v) is 3.57. The van der Waals surface area contributed by atoms with Gasteiger partial charge in [0.1, 0.15) is 18.0 Å². The summed E-state index contributed by atoms with van der Waals surface area (Å²) < 4.78 is 10.4. The number of methoxy groups -OCH3 is 2. The second kappa shape index (κ2) is 6.23. The van der Waals surface area contributed by atoms with Crippen molar-refractivity contribution in [1.29, 1.82) is 0 Å². The molecule has 17 heavy (non-hydrogen) atoms. The van der Waals surface area contributed by atoms with Crippen LogP contribution in [0.4, 0.5) is 0 Å². The summed E-state index contributed by atoms with van der Waals surface area (Å²) in [5.74, 6) is 0.158. The van der Waals surface area contributed by atoms with E-state index in [4.69, 9.17) is 9.47 Å². The molecule has 1 rings (SSSR count). The van der Waals surface area contributed by atoms with E-state index >= 15 is 0 Å². The lowest BCUT2D eigenvalue weighted by atomic mass is 10.0. The van der Waals surface area contributed by atoms with Gasteiger partial charge in [-0.2, -0.15) is 0 Å². The van der Waals surface area contributed by atoms with Crippen LogP contribution < -0.4 is 0 Å². The van der Waals surface area contributed by atoms with Crippen LogP contribution in [-0.4, -0.2) is 19.3 Å². The second-order valence-electron chi connectivity index (χ2n) is 3.57. The summed E-state index contributed by atoms with van der Waals surface area (Å²) in [5, 5.41) is 10.2. The number of phenolic OH excluding ortho intramolecular Hbond substituents is 1. The van der Waals surface area contributed by atoms with Crippen molar-refractivity contribution in [3.8, 4) is 5.75 Å². The van der Waals surface area contributed by atoms with Crippen LogP contribution in [0, 0.1) is 0 Å². The lowest BCUT2D eigenvalue weighted by Gasteiger charge is -2.18. The molecule has 1 aromatic rings. The van der Waals surface area contributed by atoms with Crippen molar-refractivity contribution in [1.82, 2.24) is 0 Å². The predicted molar refractivity (Wildman–Crippen MR) is 68.0 cm³/mol. The number of para-hydroxylation sites is 1. The third-order valence-corrected chi connectivity index (χ3v) is 2.65. The van der Waals surface area contributed by atoms with E-state index in [-0.39, 0.29) is 18.0 Å². The Hall–Kier alpha value is -1.58. The SMILES string of the molecule is C=CC(OC)c1cccc(C(C=C)OC)c1O. The molecule has 0 saturated carbocycles. The Bertz CT molecular complexity index is 364. The van der Waals surface area contributed by atoms with Crippen molar-refractivity contribution in [3.63, 3.8) is 0 Å². The third kappa shape index (κ3) is 2.75. The Labute approximate surface area is 102 Å². The number of benzene rings is 1. The summed E-state index contributed by atoms with van der Waals surface area (Å²) in [6.07, 6.45) is 2.60. The van der Waals surface area contributed by atoms with Gasteiger partial charge in [0.15, 0.2) is 0 Å². The zero-order valence-corrected chi connectivity index (χ0v) is 10.2. The predicted octanol–water partition coefficient (Wildman–Crippen LogP) is 3.14. The maximum atomic E-state index is 10.2. The molecule has 0 heterocycles. The minimum atomic E-state index is -0.336. The highest BCUT2D eigenvalue weighted by Gasteiger charge is 2.18. The lowest BCUT2D eigenvalue weighted by molar-refractivity contribution is 0.133. The largest absolute Gasteiger partial charge is 0.507 e. The Kier molecular flexibility index (Phi) is 4.94. The van der Waals surface area contributed by atoms with Crippen LogP contribution in [0.15, 0.2) is 43.5 Å². The molecular weight excluding hydrogens is 216 g/mol. The lowest BCUT2D eigenvalue weighted by Crippen LogP contribution is -2.03. The van der Waals surface area contributed by atoms with Crippen molar-refractivity contribution in [2.24, 2.45) is 0 Å². The Balaban J connectivity index is 3.23. The molecule has 2 atom stereocenters. The van der Waals surface area contributed by atoms with Crippen LogP contribution >= 0.6 is 0 Å². The third-order valence-electron chi connectivity index (χ3n) is 2.65. The van der Waals surface area contributed by atoms with E-state index in [1.54, 1.807) is 38.5 Å². The van der Waals surface area contributed by atoms with Crippen molar-refractivity contribution in [3.05, 3.63) is 54.6 Å². The van der Waals surface area contributed by atoms with Crippen LogP contribution in [-0.2, 0) is 9.47 Å². The standard InChI is InChI=1S/C14H18O3/c1-5-12(16-3)10-8-7-9-11(14(10)15)13(6-2)17-4/h5-9,12-13,15H,1-2H2,3-4H3. The number of phenols is 1. The summed E-state index contributed by atoms with van der Waals surface area (Å²) in [5.41, 5.74) is 1.34. The van der Waals surface area contributed by atoms with Gasteiger partial charge in [-0.1, -0.05) is 30.4 Å². The van der Waals surface area contributed by atoms with Crippen molar-refractivity contribution in [2.75, 3.05) is 14.2 Å². The molecule has 0 bridgehead atoms. The first-order valence-electron chi connectivity index (χ1n) is 5.32. The van der Waals surface area contributed by atoms with Gasteiger partial charge in [0.05, 0.1) is 0 Å². The minimum absolute atomic E-state index is 0.158. The van der Waals surface area contributed by atoms with Gasteiger partial charge in [0, 0.05) is 25.3 Å². The van der Waals surface area contributed by atoms with Gasteiger partial charge in [-0.3, -0.25) is 0 Å². The van der Waals surface area contributed by atoms with Crippen LogP contribution in [0.3, 0.4) is 0 Å². The van der Waals surface area contributed by atoms with Gasteiger partial charge in [0.25, 0.3) is 0 Å². The fourth-order valence-corrected chi connectivity index (χ4v) is 1.74. The van der Waals surface area contributed by atoms with Crippen molar-refractivity contribution < 1.29 is 14.6 Å². The zero-order valence-electron chi connectivity index (χ0n) is 10.2. The molecule has 0 amide bonds. The maximum Gasteiger partial charge on any atom is 0.127 e. The molecule has 0 fully saturated rings. The minimum Gasteiger partial charge on any atom is -0.507 e. The van der Waals surface area contributed by atoms with E-state index in [0.717, 1.165) is 0 Å². The van der Waals surface area contributed by atoms with Gasteiger partial charge in [0.2, 0.25) is 0 Å². The highest BCUT2D eigenvalue weighted by Crippen LogP contribution is 2.34. The first-order chi connectivity index (χ1) is 8.19. The van der Waals surface area contributed by atoms with Crippen LogP contribution in [0.2, 0.25) is 0 Å². The zero-order chi connectivity index (χ0) is 12.8. The molecule has 0 spiro atoms. The number of hydrogen-bond acceptors (Lipinski definition) is 3. The van der Waals surface area contributed by atoms with E-state index in [1.165, 1.54) is 0 Å². The van der Waals surface area contributed by atoms with Gasteiger partial charge in [-0.15, -0.1) is 13.2 Å². The van der Waals surface area contributed by atoms with E-state index < -0.39 is 0 Å². The quantitative estimate of drug-likeness (QED) is 0.768. The smallest absolute Gasteiger partial charge is 0.127 e. The molecule has 0 aliphatic carbocycles. The van der Waals surface area contributed by atoms with E-state index in [2.05, 4.69) is 13.2 Å². The first-order valence-corrected chi connectivity index (χ1v) is 5.32. The Morgan fingerprint density at radius 1 is 1.06 bits per heavy atom. The molecule has 2 unspecified atom stereocenters. The monoisotopic (exact) mass is 234 g/mol. The van der Waals surface area contributed by atoms with Gasteiger partial charge in [-0.05, 0) is 0 Å². The maximum absolute atomic E-state index is 10.2. The molecule has 0 saturated heterocycles. The van der Waals surface area contributed by atoms with Crippen LogP contribution in [0.5, 0.6) is 5.75 Å². The summed E-state index contributed by atoms with van der Waals surface area (Å²) >= 11 is 0. The number of aromatic hydroxyl groups is 1. The number of hydrogen-bond donors (Lipinski definition) is 1. The summed E-state index contributed by atoms with van der Waals surface area (Å²) in [6, 6.07) is 5.43. The summed E-state index contributed by atoms with van der Waals surface area (Å²) in [4.78, 5) is 0. The fourth-order valence-electron chi connectivity index (χ4n) is 1.74. The molecule has 1 aromatic carbocycles. The molecule has 3 nitrogen and oxygen atoms in total. The number of rotatable bonds is 6. The fraction of sp³-hybridized carbons (Fsp3) is 0.286. The highest BCUT2D eigenvalue weighted by atomic mass is 16.5. The van der Waals surface area contributed by atoms with Crippen LogP contribution in [0.1, 0.15) is 23.3 Å². The Morgan fingerprint density at radius 2 is 1.47 bits per heavy atom. The highest BCUT2D eigenvalue weighted by molar-refractivity contribution is 5.45. The topological polar surface area (TPSA) is 38.7 Å².